The van der Waals surface area contributed by atoms with Crippen molar-refractivity contribution in [3.63, 3.8) is 0 Å². The highest BCUT2D eigenvalue weighted by Gasteiger charge is 2.04. The maximum Gasteiger partial charge on any atom is 0.123 e. The molecule has 0 aromatic heterocycles. The van der Waals surface area contributed by atoms with Gasteiger partial charge in [0.25, 0.3) is 0 Å². The molecule has 0 aliphatic carbocycles. The fourth-order valence-corrected chi connectivity index (χ4v) is 2.16. The van der Waals surface area contributed by atoms with Crippen molar-refractivity contribution in [1.82, 2.24) is 0 Å². The van der Waals surface area contributed by atoms with E-state index in [4.69, 9.17) is 9.47 Å². The predicted octanol–water partition coefficient (Wildman–Crippen LogP) is 3.72. The van der Waals surface area contributed by atoms with Gasteiger partial charge in [0.1, 0.15) is 11.5 Å². The predicted molar refractivity (Wildman–Crippen MR) is 74.1 cm³/mol. The normalized spacial score (nSPS) is 10.2. The Hall–Kier alpha value is -0.350. The minimum absolute atomic E-state index is 0.771. The van der Waals surface area contributed by atoms with Gasteiger partial charge in [-0.25, -0.2) is 0 Å². The second-order valence-electron chi connectivity index (χ2n) is 3.30. The quantitative estimate of drug-likeness (QED) is 0.565. The van der Waals surface area contributed by atoms with Gasteiger partial charge >= 0.3 is 0 Å². The first kappa shape index (κ1) is 13.7. The molecule has 0 saturated heterocycles. The topological polar surface area (TPSA) is 18.5 Å². The minimum atomic E-state index is 0.771. The Morgan fingerprint density at radius 1 is 1.38 bits per heavy atom. The number of hydrogen-bond donors (Lipinski definition) is 0. The van der Waals surface area contributed by atoms with Crippen LogP contribution >= 0.6 is 27.7 Å². The second kappa shape index (κ2) is 7.85. The maximum atomic E-state index is 5.73. The Bertz CT molecular complexity index is 318. The first-order valence-electron chi connectivity index (χ1n) is 5.16. The Labute approximate surface area is 110 Å². The molecule has 4 heteroatoms. The van der Waals surface area contributed by atoms with Gasteiger partial charge in [-0.05, 0) is 36.6 Å². The van der Waals surface area contributed by atoms with Crippen molar-refractivity contribution in [2.75, 3.05) is 25.7 Å². The molecule has 0 bridgehead atoms. The van der Waals surface area contributed by atoms with Gasteiger partial charge in [-0.2, -0.15) is 11.8 Å². The van der Waals surface area contributed by atoms with E-state index in [0.717, 1.165) is 41.2 Å². The molecule has 0 aliphatic rings. The van der Waals surface area contributed by atoms with Crippen molar-refractivity contribution < 1.29 is 9.47 Å². The zero-order valence-electron chi connectivity index (χ0n) is 9.66. The van der Waals surface area contributed by atoms with Crippen molar-refractivity contribution in [2.45, 2.75) is 11.8 Å². The molecular weight excluding hydrogens is 288 g/mol. The largest absolute Gasteiger partial charge is 0.497 e. The van der Waals surface area contributed by atoms with Crippen molar-refractivity contribution in [3.8, 4) is 11.5 Å². The van der Waals surface area contributed by atoms with Crippen LogP contribution in [0.2, 0.25) is 0 Å². The number of halogens is 1. The van der Waals surface area contributed by atoms with Crippen LogP contribution in [0.5, 0.6) is 11.5 Å². The number of methoxy groups -OCH3 is 1. The van der Waals surface area contributed by atoms with Crippen LogP contribution in [0.1, 0.15) is 12.0 Å². The third kappa shape index (κ3) is 4.26. The SMILES string of the molecule is COc1ccc(OCCCSC)c(CBr)c1. The Morgan fingerprint density at radius 2 is 2.19 bits per heavy atom. The lowest BCUT2D eigenvalue weighted by Gasteiger charge is -2.11. The summed E-state index contributed by atoms with van der Waals surface area (Å²) in [5.74, 6) is 2.95. The molecule has 0 saturated carbocycles. The summed E-state index contributed by atoms with van der Waals surface area (Å²) in [6, 6.07) is 5.89. The molecular formula is C12H17BrO2S. The van der Waals surface area contributed by atoms with Gasteiger partial charge in [-0.1, -0.05) is 15.9 Å². The standard InChI is InChI=1S/C12H17BrO2S/c1-14-11-4-5-12(10(8-11)9-13)15-6-3-7-16-2/h4-5,8H,3,6-7,9H2,1-2H3. The van der Waals surface area contributed by atoms with Crippen molar-refractivity contribution in [2.24, 2.45) is 0 Å². The zero-order valence-corrected chi connectivity index (χ0v) is 12.1. The van der Waals surface area contributed by atoms with Crippen LogP contribution in [0.15, 0.2) is 18.2 Å². The van der Waals surface area contributed by atoms with Crippen LogP contribution < -0.4 is 9.47 Å². The average molecular weight is 305 g/mol. The van der Waals surface area contributed by atoms with E-state index in [1.165, 1.54) is 0 Å². The van der Waals surface area contributed by atoms with Gasteiger partial charge in [0.05, 0.1) is 13.7 Å². The molecule has 1 rings (SSSR count). The van der Waals surface area contributed by atoms with E-state index in [0.29, 0.717) is 0 Å². The molecule has 1 aromatic carbocycles. The Kier molecular flexibility index (Phi) is 6.73. The molecule has 0 unspecified atom stereocenters. The van der Waals surface area contributed by atoms with E-state index >= 15 is 0 Å². The van der Waals surface area contributed by atoms with Crippen molar-refractivity contribution in [1.29, 1.82) is 0 Å². The summed E-state index contributed by atoms with van der Waals surface area (Å²) in [6.45, 7) is 0.771. The number of thioether (sulfide) groups is 1. The van der Waals surface area contributed by atoms with E-state index in [1.807, 2.05) is 30.0 Å². The third-order valence-corrected chi connectivity index (χ3v) is 3.46. The zero-order chi connectivity index (χ0) is 11.8. The first-order valence-corrected chi connectivity index (χ1v) is 7.68. The van der Waals surface area contributed by atoms with E-state index < -0.39 is 0 Å². The lowest BCUT2D eigenvalue weighted by Crippen LogP contribution is -2.01. The van der Waals surface area contributed by atoms with Crippen LogP contribution in [0.25, 0.3) is 0 Å². The fraction of sp³-hybridized carbons (Fsp3) is 0.500. The van der Waals surface area contributed by atoms with Crippen molar-refractivity contribution >= 4 is 27.7 Å². The van der Waals surface area contributed by atoms with Gasteiger partial charge in [0.2, 0.25) is 0 Å². The summed E-state index contributed by atoms with van der Waals surface area (Å²) in [7, 11) is 1.67. The molecule has 0 aliphatic heterocycles. The molecule has 16 heavy (non-hydrogen) atoms. The summed E-state index contributed by atoms with van der Waals surface area (Å²) >= 11 is 5.30. The minimum Gasteiger partial charge on any atom is -0.497 e. The number of alkyl halides is 1. The molecule has 2 nitrogen and oxygen atoms in total. The monoisotopic (exact) mass is 304 g/mol. The highest BCUT2D eigenvalue weighted by molar-refractivity contribution is 9.08. The molecule has 0 N–H and O–H groups in total. The Morgan fingerprint density at radius 3 is 2.81 bits per heavy atom. The highest BCUT2D eigenvalue weighted by atomic mass is 79.9. The Balaban J connectivity index is 2.57. The smallest absolute Gasteiger partial charge is 0.123 e. The summed E-state index contributed by atoms with van der Waals surface area (Å²) in [5.41, 5.74) is 1.13. The van der Waals surface area contributed by atoms with Crippen LogP contribution in [-0.4, -0.2) is 25.7 Å². The molecule has 90 valence electrons. The van der Waals surface area contributed by atoms with Gasteiger partial charge in [-0.15, -0.1) is 0 Å². The summed E-state index contributed by atoms with van der Waals surface area (Å²) in [5, 5.41) is 0.780. The lowest BCUT2D eigenvalue weighted by molar-refractivity contribution is 0.315. The molecule has 0 spiro atoms. The van der Waals surface area contributed by atoms with Crippen LogP contribution in [0, 0.1) is 0 Å². The first-order chi connectivity index (χ1) is 7.81. The number of ether oxygens (including phenoxy) is 2. The number of benzene rings is 1. The van der Waals surface area contributed by atoms with E-state index in [2.05, 4.69) is 22.2 Å². The van der Waals surface area contributed by atoms with Gasteiger partial charge in [0, 0.05) is 10.9 Å². The maximum absolute atomic E-state index is 5.73. The number of hydrogen-bond acceptors (Lipinski definition) is 3. The van der Waals surface area contributed by atoms with Gasteiger partial charge in [0.15, 0.2) is 0 Å². The fourth-order valence-electron chi connectivity index (χ4n) is 1.31. The van der Waals surface area contributed by atoms with E-state index in [1.54, 1.807) is 7.11 Å². The molecule has 0 atom stereocenters. The molecule has 0 radical (unpaired) electrons. The summed E-state index contributed by atoms with van der Waals surface area (Å²) in [6.07, 6.45) is 3.19. The summed E-state index contributed by atoms with van der Waals surface area (Å²) < 4.78 is 10.9. The van der Waals surface area contributed by atoms with Crippen LogP contribution in [0.3, 0.4) is 0 Å². The highest BCUT2D eigenvalue weighted by Crippen LogP contribution is 2.26. The number of rotatable bonds is 7. The van der Waals surface area contributed by atoms with Gasteiger partial charge in [-0.3, -0.25) is 0 Å². The van der Waals surface area contributed by atoms with Crippen LogP contribution in [-0.2, 0) is 5.33 Å². The lowest BCUT2D eigenvalue weighted by atomic mass is 10.2. The van der Waals surface area contributed by atoms with Crippen LogP contribution in [0.4, 0.5) is 0 Å². The molecule has 0 fully saturated rings. The van der Waals surface area contributed by atoms with Crippen molar-refractivity contribution in [3.05, 3.63) is 23.8 Å². The summed E-state index contributed by atoms with van der Waals surface area (Å²) in [4.78, 5) is 0. The van der Waals surface area contributed by atoms with E-state index in [9.17, 15) is 0 Å². The molecule has 0 amide bonds. The molecule has 0 heterocycles. The van der Waals surface area contributed by atoms with Gasteiger partial charge < -0.3 is 9.47 Å². The third-order valence-electron chi connectivity index (χ3n) is 2.16. The van der Waals surface area contributed by atoms with E-state index in [-0.39, 0.29) is 0 Å². The second-order valence-corrected chi connectivity index (χ2v) is 4.85. The molecule has 1 aromatic rings. The average Bonchev–Trinajstić information content (AvgIpc) is 2.34.